The van der Waals surface area contributed by atoms with Crippen molar-refractivity contribution >= 4 is 23.8 Å². The average molecular weight is 488 g/mol. The summed E-state index contributed by atoms with van der Waals surface area (Å²) in [4.78, 5) is 42.1. The van der Waals surface area contributed by atoms with Gasteiger partial charge in [0.15, 0.2) is 5.54 Å². The number of carbonyl (C=O) groups excluding carboxylic acids is 3. The number of nitrogens with zero attached hydrogens (tertiary/aromatic N) is 2. The van der Waals surface area contributed by atoms with Crippen LogP contribution in [0.2, 0.25) is 0 Å². The van der Waals surface area contributed by atoms with Gasteiger partial charge in [-0.15, -0.1) is 0 Å². The van der Waals surface area contributed by atoms with Gasteiger partial charge in [-0.3, -0.25) is 4.79 Å². The normalized spacial score (nSPS) is 16.3. The third-order valence-corrected chi connectivity index (χ3v) is 6.04. The zero-order chi connectivity index (χ0) is 25.5. The number of rotatable bonds is 7. The number of fused-ring (bicyclic) bond motifs is 1. The van der Waals surface area contributed by atoms with Crippen LogP contribution in [0, 0.1) is 0 Å². The SMILES string of the molecule is CCOC(=O)NN(C(=O)OCC)[C@]1(Cc2ccccc2)C(=O)N(Cc2ccccc2)c2ccccc21. The lowest BCUT2D eigenvalue weighted by molar-refractivity contribution is -0.131. The van der Waals surface area contributed by atoms with Gasteiger partial charge < -0.3 is 14.4 Å². The zero-order valence-electron chi connectivity index (χ0n) is 20.3. The van der Waals surface area contributed by atoms with Gasteiger partial charge >= 0.3 is 12.2 Å². The zero-order valence-corrected chi connectivity index (χ0v) is 20.3. The van der Waals surface area contributed by atoms with Gasteiger partial charge in [0.2, 0.25) is 0 Å². The molecule has 1 atom stereocenters. The van der Waals surface area contributed by atoms with Crippen LogP contribution in [0.15, 0.2) is 84.9 Å². The van der Waals surface area contributed by atoms with E-state index in [0.29, 0.717) is 17.8 Å². The molecule has 3 amide bonds. The Kier molecular flexibility index (Phi) is 7.53. The van der Waals surface area contributed by atoms with Crippen molar-refractivity contribution in [3.63, 3.8) is 0 Å². The highest BCUT2D eigenvalue weighted by Gasteiger charge is 2.58. The number of amides is 3. The highest BCUT2D eigenvalue weighted by Crippen LogP contribution is 2.46. The summed E-state index contributed by atoms with van der Waals surface area (Å²) >= 11 is 0. The van der Waals surface area contributed by atoms with Gasteiger partial charge in [-0.2, -0.15) is 5.01 Å². The minimum Gasteiger partial charge on any atom is -0.449 e. The number of hydrogen-bond donors (Lipinski definition) is 1. The molecule has 0 unspecified atom stereocenters. The van der Waals surface area contributed by atoms with Crippen molar-refractivity contribution in [1.82, 2.24) is 10.4 Å². The maximum Gasteiger partial charge on any atom is 0.430 e. The van der Waals surface area contributed by atoms with Crippen LogP contribution < -0.4 is 10.3 Å². The smallest absolute Gasteiger partial charge is 0.430 e. The second-order valence-electron chi connectivity index (χ2n) is 8.28. The van der Waals surface area contributed by atoms with Gasteiger partial charge in [0.25, 0.3) is 5.91 Å². The predicted octanol–water partition coefficient (Wildman–Crippen LogP) is 4.79. The maximum atomic E-state index is 14.5. The van der Waals surface area contributed by atoms with E-state index in [2.05, 4.69) is 5.43 Å². The van der Waals surface area contributed by atoms with Crippen LogP contribution >= 0.6 is 0 Å². The van der Waals surface area contributed by atoms with Crippen LogP contribution in [-0.2, 0) is 32.8 Å². The molecule has 0 radical (unpaired) electrons. The summed E-state index contributed by atoms with van der Waals surface area (Å²) in [5, 5.41) is 0.994. The molecule has 0 saturated heterocycles. The summed E-state index contributed by atoms with van der Waals surface area (Å²) in [6.07, 6.45) is -1.60. The Morgan fingerprint density at radius 3 is 2.06 bits per heavy atom. The molecule has 1 aliphatic heterocycles. The topological polar surface area (TPSA) is 88.2 Å². The van der Waals surface area contributed by atoms with Crippen LogP contribution in [0.1, 0.15) is 30.5 Å². The van der Waals surface area contributed by atoms with Crippen molar-refractivity contribution in [2.45, 2.75) is 32.4 Å². The highest BCUT2D eigenvalue weighted by atomic mass is 16.6. The van der Waals surface area contributed by atoms with Crippen molar-refractivity contribution in [2.75, 3.05) is 18.1 Å². The number of carbonyl (C=O) groups is 3. The molecule has 4 rings (SSSR count). The standard InChI is InChI=1S/C28H29N3O5/c1-3-35-26(33)29-31(27(34)36-4-2)28(19-21-13-7-5-8-14-21)23-17-11-12-18-24(23)30(25(28)32)20-22-15-9-6-10-16-22/h5-18H,3-4,19-20H2,1-2H3,(H,29,33)/t28-/m0/s1. The van der Waals surface area contributed by atoms with Gasteiger partial charge in [-0.1, -0.05) is 78.9 Å². The molecule has 0 saturated carbocycles. The Morgan fingerprint density at radius 1 is 0.833 bits per heavy atom. The van der Waals surface area contributed by atoms with Crippen LogP contribution in [-0.4, -0.2) is 36.3 Å². The molecule has 1 N–H and O–H groups in total. The van der Waals surface area contributed by atoms with Gasteiger partial charge in [0.05, 0.1) is 25.4 Å². The van der Waals surface area contributed by atoms with Crippen molar-refractivity contribution in [3.05, 3.63) is 102 Å². The van der Waals surface area contributed by atoms with Crippen LogP contribution in [0.4, 0.5) is 15.3 Å². The molecular formula is C28H29N3O5. The Hall–Kier alpha value is -4.33. The first-order chi connectivity index (χ1) is 17.5. The first-order valence-corrected chi connectivity index (χ1v) is 11.9. The quantitative estimate of drug-likeness (QED) is 0.484. The molecule has 0 aromatic heterocycles. The van der Waals surface area contributed by atoms with Crippen molar-refractivity contribution < 1.29 is 23.9 Å². The Morgan fingerprint density at radius 2 is 1.42 bits per heavy atom. The summed E-state index contributed by atoms with van der Waals surface area (Å²) in [6.45, 7) is 3.77. The van der Waals surface area contributed by atoms with Gasteiger partial charge in [0.1, 0.15) is 0 Å². The van der Waals surface area contributed by atoms with E-state index in [9.17, 15) is 14.4 Å². The highest BCUT2D eigenvalue weighted by molar-refractivity contribution is 6.09. The fourth-order valence-corrected chi connectivity index (χ4v) is 4.53. The molecule has 186 valence electrons. The molecule has 1 aliphatic rings. The largest absolute Gasteiger partial charge is 0.449 e. The van der Waals surface area contributed by atoms with Crippen molar-refractivity contribution in [2.24, 2.45) is 0 Å². The Bertz CT molecular complexity index is 1220. The van der Waals surface area contributed by atoms with E-state index in [1.54, 1.807) is 24.8 Å². The van der Waals surface area contributed by atoms with E-state index in [-0.39, 0.29) is 25.5 Å². The maximum absolute atomic E-state index is 14.5. The fraction of sp³-hybridized carbons (Fsp3) is 0.250. The lowest BCUT2D eigenvalue weighted by atomic mass is 9.84. The van der Waals surface area contributed by atoms with E-state index in [0.717, 1.165) is 16.1 Å². The number of anilines is 1. The van der Waals surface area contributed by atoms with E-state index in [1.807, 2.05) is 78.9 Å². The Balaban J connectivity index is 1.90. The summed E-state index contributed by atoms with van der Waals surface area (Å²) in [5.74, 6) is -0.360. The molecule has 3 aromatic rings. The number of ether oxygens (including phenoxy) is 2. The third-order valence-electron chi connectivity index (χ3n) is 6.04. The second-order valence-corrected chi connectivity index (χ2v) is 8.28. The average Bonchev–Trinajstić information content (AvgIpc) is 3.12. The number of nitrogens with one attached hydrogen (secondary N) is 1. The van der Waals surface area contributed by atoms with Crippen LogP contribution in [0.5, 0.6) is 0 Å². The van der Waals surface area contributed by atoms with E-state index < -0.39 is 17.7 Å². The second kappa shape index (κ2) is 10.9. The molecule has 0 bridgehead atoms. The van der Waals surface area contributed by atoms with Crippen molar-refractivity contribution in [1.29, 1.82) is 0 Å². The monoisotopic (exact) mass is 487 g/mol. The predicted molar refractivity (Wildman–Crippen MR) is 135 cm³/mol. The Labute approximate surface area is 210 Å². The van der Waals surface area contributed by atoms with Crippen LogP contribution in [0.3, 0.4) is 0 Å². The first-order valence-electron chi connectivity index (χ1n) is 11.9. The van der Waals surface area contributed by atoms with Gasteiger partial charge in [0, 0.05) is 12.0 Å². The minimum atomic E-state index is -1.61. The minimum absolute atomic E-state index is 0.0603. The molecule has 0 spiro atoms. The summed E-state index contributed by atoms with van der Waals surface area (Å²) in [7, 11) is 0. The fourth-order valence-electron chi connectivity index (χ4n) is 4.53. The summed E-state index contributed by atoms with van der Waals surface area (Å²) < 4.78 is 10.4. The van der Waals surface area contributed by atoms with Crippen molar-refractivity contribution in [3.8, 4) is 0 Å². The third kappa shape index (κ3) is 4.75. The molecule has 3 aromatic carbocycles. The number of hydrogen-bond acceptors (Lipinski definition) is 5. The molecule has 0 fully saturated rings. The number of benzene rings is 3. The number of para-hydroxylation sites is 1. The molecule has 0 aliphatic carbocycles. The molecule has 8 heteroatoms. The first kappa shape index (κ1) is 24.8. The lowest BCUT2D eigenvalue weighted by Gasteiger charge is -2.38. The summed E-state index contributed by atoms with van der Waals surface area (Å²) in [5.41, 5.74) is 3.88. The van der Waals surface area contributed by atoms with Crippen LogP contribution in [0.25, 0.3) is 0 Å². The van der Waals surface area contributed by atoms with E-state index >= 15 is 0 Å². The van der Waals surface area contributed by atoms with Gasteiger partial charge in [-0.25, -0.2) is 15.0 Å². The van der Waals surface area contributed by atoms with E-state index in [1.165, 1.54) is 0 Å². The number of hydrazine groups is 1. The van der Waals surface area contributed by atoms with Gasteiger partial charge in [-0.05, 0) is 31.0 Å². The summed E-state index contributed by atoms with van der Waals surface area (Å²) in [6, 6.07) is 26.3. The molecular weight excluding hydrogens is 458 g/mol. The lowest BCUT2D eigenvalue weighted by Crippen LogP contribution is -2.63. The molecule has 1 heterocycles. The van der Waals surface area contributed by atoms with E-state index in [4.69, 9.17) is 9.47 Å². The molecule has 8 nitrogen and oxygen atoms in total. The molecule has 36 heavy (non-hydrogen) atoms.